The lowest BCUT2D eigenvalue weighted by molar-refractivity contribution is -0.135. The summed E-state index contributed by atoms with van der Waals surface area (Å²) in [6.07, 6.45) is 4.91. The highest BCUT2D eigenvalue weighted by Gasteiger charge is 2.37. The number of likely N-dealkylation sites (tertiary alicyclic amines) is 2. The molecular weight excluding hydrogens is 374 g/mol. The predicted molar refractivity (Wildman–Crippen MR) is 109 cm³/mol. The second kappa shape index (κ2) is 8.51. The van der Waals surface area contributed by atoms with Crippen LogP contribution in [-0.2, 0) is 20.6 Å². The molecule has 0 radical (unpaired) electrons. The number of piperidine rings is 1. The fourth-order valence-corrected chi connectivity index (χ4v) is 6.43. The fraction of sp³-hybridized carbons (Fsp3) is 0.667. The zero-order valence-electron chi connectivity index (χ0n) is 16.5. The largest absolute Gasteiger partial charge is 0.341 e. The smallest absolute Gasteiger partial charge is 0.225 e. The van der Waals surface area contributed by atoms with E-state index in [9.17, 15) is 13.2 Å². The molecule has 1 atom stereocenters. The highest BCUT2D eigenvalue weighted by Crippen LogP contribution is 2.27. The van der Waals surface area contributed by atoms with Crippen LogP contribution in [0.15, 0.2) is 30.3 Å². The highest BCUT2D eigenvalue weighted by atomic mass is 32.2. The van der Waals surface area contributed by atoms with E-state index >= 15 is 0 Å². The molecule has 4 rings (SSSR count). The minimum absolute atomic E-state index is 0.0273. The summed E-state index contributed by atoms with van der Waals surface area (Å²) >= 11 is 0. The summed E-state index contributed by atoms with van der Waals surface area (Å²) in [5.74, 6) is 0.248. The molecule has 0 bridgehead atoms. The van der Waals surface area contributed by atoms with Gasteiger partial charge in [-0.05, 0) is 50.8 Å². The summed E-state index contributed by atoms with van der Waals surface area (Å²) in [5.41, 5.74) is 0.811. The molecule has 154 valence electrons. The number of benzene rings is 1. The van der Waals surface area contributed by atoms with Gasteiger partial charge in [-0.1, -0.05) is 30.3 Å². The molecule has 3 aliphatic heterocycles. The van der Waals surface area contributed by atoms with Crippen molar-refractivity contribution in [1.82, 2.24) is 14.1 Å². The van der Waals surface area contributed by atoms with E-state index in [4.69, 9.17) is 0 Å². The molecule has 7 heteroatoms. The van der Waals surface area contributed by atoms with Gasteiger partial charge in [-0.3, -0.25) is 9.69 Å². The average molecular weight is 406 g/mol. The van der Waals surface area contributed by atoms with Crippen LogP contribution in [0.4, 0.5) is 0 Å². The van der Waals surface area contributed by atoms with Crippen molar-refractivity contribution in [1.29, 1.82) is 0 Å². The lowest BCUT2D eigenvalue weighted by Crippen LogP contribution is -2.45. The van der Waals surface area contributed by atoms with Gasteiger partial charge in [0.15, 0.2) is 0 Å². The first-order valence-electron chi connectivity index (χ1n) is 10.6. The van der Waals surface area contributed by atoms with E-state index in [-0.39, 0.29) is 17.6 Å². The molecule has 0 aliphatic carbocycles. The number of sulfonamides is 1. The summed E-state index contributed by atoms with van der Waals surface area (Å²) in [7, 11) is -3.32. The van der Waals surface area contributed by atoms with E-state index in [1.165, 1.54) is 25.9 Å². The number of carbonyl (C=O) groups excluding carboxylic acids is 1. The first-order chi connectivity index (χ1) is 13.5. The Hall–Kier alpha value is -1.44. The molecule has 3 aliphatic rings. The molecule has 1 amide bonds. The number of hydrogen-bond donors (Lipinski definition) is 0. The van der Waals surface area contributed by atoms with Crippen molar-refractivity contribution in [2.75, 3.05) is 39.3 Å². The monoisotopic (exact) mass is 405 g/mol. The standard InChI is InChI=1S/C21H31N3O3S/c25-21(23-13-10-20(16-23)22-11-4-5-12-22)19-8-14-24(15-9-19)28(26,27)17-18-6-2-1-3-7-18/h1-3,6-7,19-20H,4-5,8-17H2. The van der Waals surface area contributed by atoms with Crippen molar-refractivity contribution in [2.24, 2.45) is 5.92 Å². The van der Waals surface area contributed by atoms with Crippen LogP contribution in [0.1, 0.15) is 37.7 Å². The number of nitrogens with zero attached hydrogens (tertiary/aromatic N) is 3. The van der Waals surface area contributed by atoms with E-state index < -0.39 is 10.0 Å². The lowest BCUT2D eigenvalue weighted by atomic mass is 9.96. The van der Waals surface area contributed by atoms with Gasteiger partial charge < -0.3 is 4.90 Å². The van der Waals surface area contributed by atoms with E-state index in [1.807, 2.05) is 35.2 Å². The third kappa shape index (κ3) is 4.42. The molecule has 0 spiro atoms. The Morgan fingerprint density at radius 2 is 1.61 bits per heavy atom. The Balaban J connectivity index is 1.28. The maximum absolute atomic E-state index is 12.9. The highest BCUT2D eigenvalue weighted by molar-refractivity contribution is 7.88. The topological polar surface area (TPSA) is 60.9 Å². The van der Waals surface area contributed by atoms with Gasteiger partial charge in [0.1, 0.15) is 0 Å². The minimum atomic E-state index is -3.32. The molecular formula is C21H31N3O3S. The molecule has 0 aromatic heterocycles. The fourth-order valence-electron chi connectivity index (χ4n) is 4.86. The van der Waals surface area contributed by atoms with Crippen molar-refractivity contribution in [3.05, 3.63) is 35.9 Å². The van der Waals surface area contributed by atoms with Gasteiger partial charge in [-0.25, -0.2) is 12.7 Å². The second-order valence-corrected chi connectivity index (χ2v) is 10.4. The third-order valence-electron chi connectivity index (χ3n) is 6.52. The van der Waals surface area contributed by atoms with E-state index in [1.54, 1.807) is 4.31 Å². The van der Waals surface area contributed by atoms with Crippen molar-refractivity contribution in [3.63, 3.8) is 0 Å². The molecule has 28 heavy (non-hydrogen) atoms. The van der Waals surface area contributed by atoms with E-state index in [0.717, 1.165) is 25.1 Å². The lowest BCUT2D eigenvalue weighted by Gasteiger charge is -2.33. The molecule has 1 aromatic carbocycles. The maximum atomic E-state index is 12.9. The van der Waals surface area contributed by atoms with Crippen molar-refractivity contribution < 1.29 is 13.2 Å². The minimum Gasteiger partial charge on any atom is -0.341 e. The van der Waals surface area contributed by atoms with Gasteiger partial charge >= 0.3 is 0 Å². The molecule has 0 N–H and O–H groups in total. The summed E-state index contributed by atoms with van der Waals surface area (Å²) in [5, 5.41) is 0. The van der Waals surface area contributed by atoms with Crippen LogP contribution in [0.2, 0.25) is 0 Å². The van der Waals surface area contributed by atoms with Crippen LogP contribution in [0.25, 0.3) is 0 Å². The normalized spacial score (nSPS) is 25.4. The summed E-state index contributed by atoms with van der Waals surface area (Å²) in [4.78, 5) is 17.5. The Morgan fingerprint density at radius 3 is 2.29 bits per heavy atom. The molecule has 3 saturated heterocycles. The molecule has 3 heterocycles. The Bertz CT molecular complexity index is 769. The number of hydrogen-bond acceptors (Lipinski definition) is 4. The second-order valence-electron chi connectivity index (χ2n) is 8.38. The average Bonchev–Trinajstić information content (AvgIpc) is 3.40. The van der Waals surface area contributed by atoms with Gasteiger partial charge in [0, 0.05) is 38.1 Å². The molecule has 6 nitrogen and oxygen atoms in total. The van der Waals surface area contributed by atoms with Crippen LogP contribution in [0.3, 0.4) is 0 Å². The summed E-state index contributed by atoms with van der Waals surface area (Å²) < 4.78 is 27.0. The SMILES string of the molecule is O=C(C1CCN(S(=O)(=O)Cc2ccccc2)CC1)N1CCC(N2CCCC2)C1. The van der Waals surface area contributed by atoms with Crippen LogP contribution in [-0.4, -0.2) is 73.7 Å². The Morgan fingerprint density at radius 1 is 0.929 bits per heavy atom. The predicted octanol–water partition coefficient (Wildman–Crippen LogP) is 1.93. The number of rotatable bonds is 5. The van der Waals surface area contributed by atoms with Gasteiger partial charge in [-0.15, -0.1) is 0 Å². The van der Waals surface area contributed by atoms with E-state index in [0.29, 0.717) is 32.0 Å². The van der Waals surface area contributed by atoms with Crippen molar-refractivity contribution in [2.45, 2.75) is 43.9 Å². The zero-order chi connectivity index (χ0) is 19.6. The molecule has 1 unspecified atom stereocenters. The van der Waals surface area contributed by atoms with Crippen LogP contribution in [0, 0.1) is 5.92 Å². The quantitative estimate of drug-likeness (QED) is 0.751. The summed E-state index contributed by atoms with van der Waals surface area (Å²) in [6.45, 7) is 4.95. The summed E-state index contributed by atoms with van der Waals surface area (Å²) in [6, 6.07) is 9.83. The van der Waals surface area contributed by atoms with Crippen LogP contribution in [0.5, 0.6) is 0 Å². The van der Waals surface area contributed by atoms with Gasteiger partial charge in [0.25, 0.3) is 0 Å². The Labute approximate surface area is 168 Å². The molecule has 3 fully saturated rings. The number of amides is 1. The Kier molecular flexibility index (Phi) is 6.04. The van der Waals surface area contributed by atoms with Gasteiger partial charge in [0.05, 0.1) is 5.75 Å². The van der Waals surface area contributed by atoms with Crippen LogP contribution < -0.4 is 0 Å². The number of carbonyl (C=O) groups is 1. The van der Waals surface area contributed by atoms with Gasteiger partial charge in [0.2, 0.25) is 15.9 Å². The zero-order valence-corrected chi connectivity index (χ0v) is 17.3. The van der Waals surface area contributed by atoms with Crippen LogP contribution >= 0.6 is 0 Å². The third-order valence-corrected chi connectivity index (χ3v) is 8.37. The molecule has 1 aromatic rings. The van der Waals surface area contributed by atoms with Gasteiger partial charge in [-0.2, -0.15) is 0 Å². The van der Waals surface area contributed by atoms with Crippen molar-refractivity contribution in [3.8, 4) is 0 Å². The van der Waals surface area contributed by atoms with Crippen molar-refractivity contribution >= 4 is 15.9 Å². The first-order valence-corrected chi connectivity index (χ1v) is 12.2. The molecule has 0 saturated carbocycles. The first kappa shape index (κ1) is 19.9. The van der Waals surface area contributed by atoms with E-state index in [2.05, 4.69) is 4.90 Å². The maximum Gasteiger partial charge on any atom is 0.225 e.